The van der Waals surface area contributed by atoms with E-state index in [-0.39, 0.29) is 0 Å². The van der Waals surface area contributed by atoms with Crippen LogP contribution in [0.1, 0.15) is 46.0 Å². The van der Waals surface area contributed by atoms with E-state index in [4.69, 9.17) is 0 Å². The van der Waals surface area contributed by atoms with Crippen molar-refractivity contribution in [1.29, 1.82) is 0 Å². The zero-order valence-corrected chi connectivity index (χ0v) is 11.2. The molecule has 0 spiro atoms. The first kappa shape index (κ1) is 10.4. The molecule has 0 radical (unpaired) electrons. The Bertz CT molecular complexity index is 412. The van der Waals surface area contributed by atoms with Gasteiger partial charge in [0.05, 0.1) is 0 Å². The molecule has 3 fully saturated rings. The van der Waals surface area contributed by atoms with Gasteiger partial charge in [-0.05, 0) is 67.1 Å². The van der Waals surface area contributed by atoms with Crippen molar-refractivity contribution in [2.75, 3.05) is 0 Å². The summed E-state index contributed by atoms with van der Waals surface area (Å²) in [4.78, 5) is 0. The van der Waals surface area contributed by atoms with E-state index in [2.05, 4.69) is 26.5 Å². The third-order valence-corrected chi connectivity index (χ3v) is 6.66. The molecule has 5 atom stereocenters. The first-order valence-electron chi connectivity index (χ1n) is 7.48. The van der Waals surface area contributed by atoms with Gasteiger partial charge in [0.15, 0.2) is 0 Å². The molecular weight excluding hydrogens is 204 g/mol. The summed E-state index contributed by atoms with van der Waals surface area (Å²) in [5.41, 5.74) is 3.87. The van der Waals surface area contributed by atoms with Crippen LogP contribution in [-0.4, -0.2) is 0 Å². The lowest BCUT2D eigenvalue weighted by Gasteiger charge is -2.38. The molecule has 0 aromatic carbocycles. The maximum absolute atomic E-state index is 4.45. The van der Waals surface area contributed by atoms with Crippen LogP contribution in [-0.2, 0) is 0 Å². The monoisotopic (exact) mass is 228 g/mol. The van der Waals surface area contributed by atoms with Crippen molar-refractivity contribution in [3.63, 3.8) is 0 Å². The molecule has 0 heterocycles. The van der Waals surface area contributed by atoms with Gasteiger partial charge in [-0.3, -0.25) is 0 Å². The van der Waals surface area contributed by atoms with Crippen molar-refractivity contribution < 1.29 is 0 Å². The van der Waals surface area contributed by atoms with E-state index in [0.717, 1.165) is 29.6 Å². The van der Waals surface area contributed by atoms with Crippen molar-refractivity contribution in [1.82, 2.24) is 0 Å². The van der Waals surface area contributed by atoms with Gasteiger partial charge in [-0.2, -0.15) is 0 Å². The summed E-state index contributed by atoms with van der Waals surface area (Å²) in [5, 5.41) is 0. The molecule has 17 heavy (non-hydrogen) atoms. The van der Waals surface area contributed by atoms with Crippen LogP contribution < -0.4 is 0 Å². The highest BCUT2D eigenvalue weighted by Crippen LogP contribution is 2.64. The topological polar surface area (TPSA) is 0 Å². The van der Waals surface area contributed by atoms with Crippen LogP contribution >= 0.6 is 0 Å². The summed E-state index contributed by atoms with van der Waals surface area (Å²) in [7, 11) is 0. The van der Waals surface area contributed by atoms with E-state index in [0.29, 0.717) is 5.41 Å². The van der Waals surface area contributed by atoms with E-state index in [1.165, 1.54) is 32.1 Å². The normalized spacial score (nSPS) is 50.1. The Labute approximate surface area is 105 Å². The molecule has 4 bridgehead atoms. The summed E-state index contributed by atoms with van der Waals surface area (Å²) >= 11 is 0. The average molecular weight is 228 g/mol. The largest absolute Gasteiger partial charge is 0.0990 e. The van der Waals surface area contributed by atoms with Gasteiger partial charge in [-0.1, -0.05) is 37.6 Å². The van der Waals surface area contributed by atoms with Gasteiger partial charge >= 0.3 is 0 Å². The molecule has 0 heteroatoms. The van der Waals surface area contributed by atoms with E-state index < -0.39 is 0 Å². The zero-order valence-electron chi connectivity index (χ0n) is 11.2. The van der Waals surface area contributed by atoms with E-state index in [1.54, 1.807) is 5.57 Å². The second kappa shape index (κ2) is 3.08. The Morgan fingerprint density at radius 2 is 1.88 bits per heavy atom. The molecule has 0 aromatic rings. The Kier molecular flexibility index (Phi) is 1.88. The number of fused-ring (bicyclic) bond motifs is 4. The lowest BCUT2D eigenvalue weighted by atomic mass is 9.67. The van der Waals surface area contributed by atoms with Crippen molar-refractivity contribution in [3.8, 4) is 0 Å². The van der Waals surface area contributed by atoms with Gasteiger partial charge in [0.2, 0.25) is 0 Å². The summed E-state index contributed by atoms with van der Waals surface area (Å²) < 4.78 is 0. The van der Waals surface area contributed by atoms with Crippen LogP contribution in [0.3, 0.4) is 0 Å². The third-order valence-electron chi connectivity index (χ3n) is 6.66. The summed E-state index contributed by atoms with van der Waals surface area (Å²) in [6, 6.07) is 0. The third kappa shape index (κ3) is 1.20. The minimum absolute atomic E-state index is 0.430. The maximum atomic E-state index is 4.45. The Morgan fingerprint density at radius 3 is 2.41 bits per heavy atom. The minimum Gasteiger partial charge on any atom is -0.0990 e. The van der Waals surface area contributed by atoms with Gasteiger partial charge in [-0.15, -0.1) is 0 Å². The number of allylic oxidation sites excluding steroid dienone is 3. The van der Waals surface area contributed by atoms with Gasteiger partial charge in [-0.25, -0.2) is 0 Å². The summed E-state index contributed by atoms with van der Waals surface area (Å²) in [6.07, 6.45) is 10.0. The fourth-order valence-electron chi connectivity index (χ4n) is 5.43. The number of rotatable bonds is 1. The minimum atomic E-state index is 0.430. The fourth-order valence-corrected chi connectivity index (χ4v) is 5.43. The smallest absolute Gasteiger partial charge is 0.0116 e. The molecule has 4 aliphatic carbocycles. The van der Waals surface area contributed by atoms with E-state index >= 15 is 0 Å². The van der Waals surface area contributed by atoms with Crippen LogP contribution in [0, 0.1) is 35.0 Å². The second-order valence-electron chi connectivity index (χ2n) is 7.56. The molecule has 0 nitrogen and oxygen atoms in total. The molecule has 3 saturated carbocycles. The van der Waals surface area contributed by atoms with Gasteiger partial charge < -0.3 is 0 Å². The van der Waals surface area contributed by atoms with Crippen molar-refractivity contribution in [2.45, 2.75) is 46.0 Å². The highest BCUT2D eigenvalue weighted by Gasteiger charge is 2.54. The SMILES string of the molecule is C=C1C2CC(CC2C2=CC3CCC2C3)C1(C)C. The van der Waals surface area contributed by atoms with Crippen LogP contribution in [0.25, 0.3) is 0 Å². The van der Waals surface area contributed by atoms with Crippen LogP contribution in [0.15, 0.2) is 23.8 Å². The van der Waals surface area contributed by atoms with Crippen LogP contribution in [0.4, 0.5) is 0 Å². The predicted molar refractivity (Wildman–Crippen MR) is 71.5 cm³/mol. The Morgan fingerprint density at radius 1 is 1.12 bits per heavy atom. The van der Waals surface area contributed by atoms with Crippen LogP contribution in [0.2, 0.25) is 0 Å². The molecule has 0 aliphatic heterocycles. The quantitative estimate of drug-likeness (QED) is 0.576. The Hall–Kier alpha value is -0.520. The highest BCUT2D eigenvalue weighted by atomic mass is 14.6. The lowest BCUT2D eigenvalue weighted by molar-refractivity contribution is 0.256. The molecule has 5 unspecified atom stereocenters. The van der Waals surface area contributed by atoms with Crippen molar-refractivity contribution in [3.05, 3.63) is 23.8 Å². The van der Waals surface area contributed by atoms with Gasteiger partial charge in [0.1, 0.15) is 0 Å². The fraction of sp³-hybridized carbons (Fsp3) is 0.765. The molecule has 4 rings (SSSR count). The summed E-state index contributed by atoms with van der Waals surface area (Å²) in [5.74, 6) is 4.58. The number of hydrogen-bond acceptors (Lipinski definition) is 0. The van der Waals surface area contributed by atoms with E-state index in [1.807, 2.05) is 5.57 Å². The van der Waals surface area contributed by atoms with Gasteiger partial charge in [0, 0.05) is 0 Å². The molecule has 0 amide bonds. The lowest BCUT2D eigenvalue weighted by Crippen LogP contribution is -2.29. The first-order valence-corrected chi connectivity index (χ1v) is 7.48. The first-order chi connectivity index (χ1) is 8.07. The van der Waals surface area contributed by atoms with Gasteiger partial charge in [0.25, 0.3) is 0 Å². The van der Waals surface area contributed by atoms with Crippen LogP contribution in [0.5, 0.6) is 0 Å². The van der Waals surface area contributed by atoms with Crippen molar-refractivity contribution >= 4 is 0 Å². The molecule has 0 N–H and O–H groups in total. The second-order valence-corrected chi connectivity index (χ2v) is 7.56. The Balaban J connectivity index is 1.64. The molecule has 92 valence electrons. The molecular formula is C17H24. The maximum Gasteiger partial charge on any atom is -0.0116 e. The highest BCUT2D eigenvalue weighted by molar-refractivity contribution is 5.33. The zero-order chi connectivity index (χ0) is 11.8. The standard InChI is InChI=1S/C17H24/c1-10-14-8-13(17(10,2)3)9-16(14)15-7-11-4-5-12(15)6-11/h7,11-14,16H,1,4-6,8-9H2,2-3H3. The van der Waals surface area contributed by atoms with Crippen molar-refractivity contribution in [2.24, 2.45) is 35.0 Å². The number of hydrogen-bond donors (Lipinski definition) is 0. The summed E-state index contributed by atoms with van der Waals surface area (Å²) in [6.45, 7) is 9.29. The predicted octanol–water partition coefficient (Wildman–Crippen LogP) is 4.58. The molecule has 4 aliphatic rings. The molecule has 0 saturated heterocycles. The van der Waals surface area contributed by atoms with E-state index in [9.17, 15) is 0 Å². The average Bonchev–Trinajstić information content (AvgIpc) is 3.02. The molecule has 0 aromatic heterocycles.